The van der Waals surface area contributed by atoms with Crippen molar-refractivity contribution in [1.29, 1.82) is 0 Å². The smallest absolute Gasteiger partial charge is 0.310 e. The molecule has 3 N–H and O–H groups in total. The lowest BCUT2D eigenvalue weighted by Gasteiger charge is -2.09. The molecule has 4 rings (SSSR count). The van der Waals surface area contributed by atoms with E-state index in [2.05, 4.69) is 36.1 Å². The number of thiazole rings is 1. The summed E-state index contributed by atoms with van der Waals surface area (Å²) < 4.78 is 0.941. The number of hydrazine groups is 1. The molecule has 30 heavy (non-hydrogen) atoms. The van der Waals surface area contributed by atoms with E-state index in [0.717, 1.165) is 22.1 Å². The van der Waals surface area contributed by atoms with Crippen LogP contribution >= 0.6 is 11.3 Å². The molecule has 12 heteroatoms. The first-order valence-electron chi connectivity index (χ1n) is 8.61. The number of nitrogens with one attached hydrogen (secondary N) is 3. The van der Waals surface area contributed by atoms with Gasteiger partial charge >= 0.3 is 5.69 Å². The number of benzene rings is 1. The van der Waals surface area contributed by atoms with E-state index in [1.54, 1.807) is 12.1 Å². The third kappa shape index (κ3) is 3.98. The molecule has 3 aromatic heterocycles. The molecule has 0 aliphatic heterocycles. The van der Waals surface area contributed by atoms with Gasteiger partial charge in [0.2, 0.25) is 11.6 Å². The molecule has 3 heterocycles. The van der Waals surface area contributed by atoms with Gasteiger partial charge in [-0.05, 0) is 36.8 Å². The zero-order valence-electron chi connectivity index (χ0n) is 15.5. The summed E-state index contributed by atoms with van der Waals surface area (Å²) in [5, 5.41) is 15.0. The summed E-state index contributed by atoms with van der Waals surface area (Å²) in [5.41, 5.74) is 6.55. The molecule has 1 amide bonds. The zero-order valence-corrected chi connectivity index (χ0v) is 16.3. The molecule has 0 aliphatic carbocycles. The minimum atomic E-state index is -0.641. The molecule has 11 nitrogen and oxygen atoms in total. The van der Waals surface area contributed by atoms with Gasteiger partial charge in [-0.25, -0.2) is 15.0 Å². The number of hydrogen-bond acceptors (Lipinski definition) is 10. The fraction of sp³-hybridized carbons (Fsp3) is 0.0556. The summed E-state index contributed by atoms with van der Waals surface area (Å²) in [6.45, 7) is 1.97. The number of carbonyl (C=O) groups is 1. The Morgan fingerprint density at radius 1 is 1.20 bits per heavy atom. The van der Waals surface area contributed by atoms with Gasteiger partial charge in [-0.3, -0.25) is 30.7 Å². The van der Waals surface area contributed by atoms with Crippen LogP contribution in [-0.4, -0.2) is 30.8 Å². The lowest BCUT2D eigenvalue weighted by molar-refractivity contribution is -0.383. The SMILES string of the molecule is Cc1ccc2nc(Nc3ncnc(NNC(=O)c4cccnc4)c3[N+](=O)[O-])sc2c1. The molecule has 0 fully saturated rings. The van der Waals surface area contributed by atoms with Crippen LogP contribution in [0, 0.1) is 17.0 Å². The molecular formula is C18H14N8O3S. The lowest BCUT2D eigenvalue weighted by Crippen LogP contribution is -2.30. The van der Waals surface area contributed by atoms with E-state index < -0.39 is 16.5 Å². The van der Waals surface area contributed by atoms with Crippen LogP contribution in [0.25, 0.3) is 10.2 Å². The Bertz CT molecular complexity index is 1240. The molecule has 1 aromatic carbocycles. The monoisotopic (exact) mass is 422 g/mol. The van der Waals surface area contributed by atoms with E-state index in [-0.39, 0.29) is 17.2 Å². The largest absolute Gasteiger partial charge is 0.355 e. The molecule has 0 saturated heterocycles. The topological polar surface area (TPSA) is 148 Å². The van der Waals surface area contributed by atoms with Crippen LogP contribution in [0.15, 0.2) is 49.1 Å². The molecule has 0 atom stereocenters. The number of fused-ring (bicyclic) bond motifs is 1. The number of pyridine rings is 1. The van der Waals surface area contributed by atoms with Gasteiger partial charge in [0.05, 0.1) is 20.7 Å². The Kier molecular flexibility index (Phi) is 5.13. The second-order valence-electron chi connectivity index (χ2n) is 6.11. The second-order valence-corrected chi connectivity index (χ2v) is 7.14. The predicted octanol–water partition coefficient (Wildman–Crippen LogP) is 3.20. The molecule has 0 radical (unpaired) electrons. The normalized spacial score (nSPS) is 10.6. The second kappa shape index (κ2) is 8.05. The maximum absolute atomic E-state index is 12.2. The highest BCUT2D eigenvalue weighted by Crippen LogP contribution is 2.34. The highest BCUT2D eigenvalue weighted by Gasteiger charge is 2.24. The highest BCUT2D eigenvalue weighted by molar-refractivity contribution is 7.22. The van der Waals surface area contributed by atoms with Crippen LogP contribution in [-0.2, 0) is 0 Å². The van der Waals surface area contributed by atoms with Gasteiger partial charge in [0.15, 0.2) is 5.13 Å². The Hall–Kier alpha value is -4.19. The van der Waals surface area contributed by atoms with Gasteiger partial charge in [0.25, 0.3) is 5.91 Å². The van der Waals surface area contributed by atoms with E-state index in [1.165, 1.54) is 23.7 Å². The van der Waals surface area contributed by atoms with Crippen LogP contribution in [0.5, 0.6) is 0 Å². The van der Waals surface area contributed by atoms with Crippen molar-refractivity contribution in [3.63, 3.8) is 0 Å². The number of anilines is 3. The standard InChI is InChI=1S/C18H14N8O3S/c1-10-4-5-12-13(7-10)30-18(22-12)23-15-14(26(28)29)16(21-9-20-15)24-25-17(27)11-3-2-6-19-8-11/h2-9H,1H3,(H,25,27)(H2,20,21,22,23,24). The first-order chi connectivity index (χ1) is 14.5. The maximum Gasteiger partial charge on any atom is 0.355 e. The number of aromatic nitrogens is 4. The van der Waals surface area contributed by atoms with Crippen molar-refractivity contribution in [2.75, 3.05) is 10.7 Å². The maximum atomic E-state index is 12.2. The van der Waals surface area contributed by atoms with Gasteiger partial charge in [-0.1, -0.05) is 17.4 Å². The van der Waals surface area contributed by atoms with Crippen LogP contribution in [0.1, 0.15) is 15.9 Å². The summed E-state index contributed by atoms with van der Waals surface area (Å²) in [7, 11) is 0. The van der Waals surface area contributed by atoms with E-state index in [4.69, 9.17) is 0 Å². The quantitative estimate of drug-likeness (QED) is 0.314. The van der Waals surface area contributed by atoms with Gasteiger partial charge in [-0.2, -0.15) is 0 Å². The van der Waals surface area contributed by atoms with Crippen LogP contribution in [0.4, 0.5) is 22.5 Å². The minimum Gasteiger partial charge on any atom is -0.310 e. The number of hydrogen-bond donors (Lipinski definition) is 3. The van der Waals surface area contributed by atoms with Crippen molar-refractivity contribution in [3.8, 4) is 0 Å². The van der Waals surface area contributed by atoms with Crippen molar-refractivity contribution in [2.45, 2.75) is 6.92 Å². The van der Waals surface area contributed by atoms with Crippen molar-refractivity contribution in [1.82, 2.24) is 25.4 Å². The fourth-order valence-corrected chi connectivity index (χ4v) is 3.57. The third-order valence-electron chi connectivity index (χ3n) is 3.99. The van der Waals surface area contributed by atoms with Gasteiger partial charge in [-0.15, -0.1) is 0 Å². The zero-order chi connectivity index (χ0) is 21.1. The van der Waals surface area contributed by atoms with Crippen LogP contribution in [0.3, 0.4) is 0 Å². The fourth-order valence-electron chi connectivity index (χ4n) is 2.61. The van der Waals surface area contributed by atoms with Crippen molar-refractivity contribution >= 4 is 49.9 Å². The number of amides is 1. The average molecular weight is 422 g/mol. The van der Waals surface area contributed by atoms with Gasteiger partial charge in [0.1, 0.15) is 6.33 Å². The molecule has 0 unspecified atom stereocenters. The van der Waals surface area contributed by atoms with E-state index >= 15 is 0 Å². The number of aryl methyl sites for hydroxylation is 1. The summed E-state index contributed by atoms with van der Waals surface area (Å²) >= 11 is 1.35. The third-order valence-corrected chi connectivity index (χ3v) is 4.93. The first kappa shape index (κ1) is 19.1. The Labute approximate surface area is 173 Å². The number of carbonyl (C=O) groups excluding carboxylic acids is 1. The van der Waals surface area contributed by atoms with Crippen LogP contribution in [0.2, 0.25) is 0 Å². The van der Waals surface area contributed by atoms with E-state index in [0.29, 0.717) is 5.13 Å². The van der Waals surface area contributed by atoms with Crippen molar-refractivity contribution in [2.24, 2.45) is 0 Å². The molecular weight excluding hydrogens is 408 g/mol. The number of nitro groups is 1. The minimum absolute atomic E-state index is 0.0519. The number of rotatable bonds is 6. The Morgan fingerprint density at radius 2 is 2.03 bits per heavy atom. The van der Waals surface area contributed by atoms with Crippen molar-refractivity contribution in [3.05, 3.63) is 70.3 Å². The first-order valence-corrected chi connectivity index (χ1v) is 9.43. The lowest BCUT2D eigenvalue weighted by atomic mass is 10.2. The molecule has 0 saturated carbocycles. The summed E-state index contributed by atoms with van der Waals surface area (Å²) in [5.74, 6) is -0.748. The summed E-state index contributed by atoms with van der Waals surface area (Å²) in [6, 6.07) is 8.95. The molecule has 150 valence electrons. The summed E-state index contributed by atoms with van der Waals surface area (Å²) in [4.78, 5) is 39.3. The molecule has 0 spiro atoms. The number of nitrogens with zero attached hydrogens (tertiary/aromatic N) is 5. The van der Waals surface area contributed by atoms with E-state index in [9.17, 15) is 14.9 Å². The molecule has 0 aliphatic rings. The predicted molar refractivity (Wildman–Crippen MR) is 112 cm³/mol. The molecule has 4 aromatic rings. The van der Waals surface area contributed by atoms with Crippen LogP contribution < -0.4 is 16.2 Å². The van der Waals surface area contributed by atoms with E-state index in [1.807, 2.05) is 25.1 Å². The van der Waals surface area contributed by atoms with Gasteiger partial charge in [0, 0.05) is 12.4 Å². The molecule has 0 bridgehead atoms. The van der Waals surface area contributed by atoms with Gasteiger partial charge < -0.3 is 5.32 Å². The Balaban J connectivity index is 1.59. The highest BCUT2D eigenvalue weighted by atomic mass is 32.1. The average Bonchev–Trinajstić information content (AvgIpc) is 3.13. The van der Waals surface area contributed by atoms with Crippen molar-refractivity contribution < 1.29 is 9.72 Å². The summed E-state index contributed by atoms with van der Waals surface area (Å²) in [6.07, 6.45) is 4.04. The Morgan fingerprint density at radius 3 is 2.80 bits per heavy atom.